The normalized spacial score (nSPS) is 10.7. The molecule has 0 spiro atoms. The number of unbranched alkanes of at least 4 members (excludes halogenated alkanes) is 1. The lowest BCUT2D eigenvalue weighted by Crippen LogP contribution is -2.12. The molecule has 3 aromatic rings. The highest BCUT2D eigenvalue weighted by molar-refractivity contribution is 7.15. The lowest BCUT2D eigenvalue weighted by molar-refractivity contribution is 0.102. The highest BCUT2D eigenvalue weighted by Crippen LogP contribution is 2.17. The van der Waals surface area contributed by atoms with Gasteiger partial charge in [0.2, 0.25) is 5.13 Å². The van der Waals surface area contributed by atoms with E-state index in [1.807, 2.05) is 30.3 Å². The van der Waals surface area contributed by atoms with Crippen molar-refractivity contribution < 1.29 is 4.79 Å². The monoisotopic (exact) mass is 342 g/mol. The van der Waals surface area contributed by atoms with Gasteiger partial charge >= 0.3 is 0 Å². The van der Waals surface area contributed by atoms with Gasteiger partial charge in [-0.2, -0.15) is 0 Å². The molecule has 8 heteroatoms. The zero-order chi connectivity index (χ0) is 16.8. The van der Waals surface area contributed by atoms with Gasteiger partial charge in [0.05, 0.1) is 12.7 Å². The third kappa shape index (κ3) is 4.23. The van der Waals surface area contributed by atoms with Gasteiger partial charge in [0.25, 0.3) is 5.91 Å². The second kappa shape index (κ2) is 7.78. The average molecular weight is 342 g/mol. The molecule has 2 heterocycles. The van der Waals surface area contributed by atoms with E-state index in [0.29, 0.717) is 11.7 Å². The van der Waals surface area contributed by atoms with Crippen molar-refractivity contribution in [3.63, 3.8) is 0 Å². The molecule has 1 amide bonds. The van der Waals surface area contributed by atoms with E-state index in [1.54, 1.807) is 10.9 Å². The SMILES string of the molecule is CCCCc1nnc(NC(=O)c2cn(Cc3ccccc3)nn2)s1. The zero-order valence-electron chi connectivity index (χ0n) is 13.3. The summed E-state index contributed by atoms with van der Waals surface area (Å²) in [5.74, 6) is -0.326. The molecule has 0 saturated heterocycles. The lowest BCUT2D eigenvalue weighted by atomic mass is 10.2. The Bertz CT molecular complexity index is 798. The fourth-order valence-corrected chi connectivity index (χ4v) is 2.92. The molecule has 0 saturated carbocycles. The smallest absolute Gasteiger partial charge is 0.279 e. The second-order valence-electron chi connectivity index (χ2n) is 5.35. The minimum Gasteiger partial charge on any atom is -0.295 e. The first kappa shape index (κ1) is 16.3. The van der Waals surface area contributed by atoms with Gasteiger partial charge < -0.3 is 0 Å². The first-order valence-electron chi connectivity index (χ1n) is 7.82. The summed E-state index contributed by atoms with van der Waals surface area (Å²) in [6.45, 7) is 2.70. The standard InChI is InChI=1S/C16H18N6OS/c1-2-3-9-14-19-20-16(24-14)17-15(23)13-11-22(21-18-13)10-12-7-5-4-6-8-12/h4-8,11H,2-3,9-10H2,1H3,(H,17,20,23). The summed E-state index contributed by atoms with van der Waals surface area (Å²) in [6.07, 6.45) is 4.68. The lowest BCUT2D eigenvalue weighted by Gasteiger charge is -1.99. The molecular formula is C16H18N6OS. The first-order chi connectivity index (χ1) is 11.7. The van der Waals surface area contributed by atoms with E-state index in [9.17, 15) is 4.79 Å². The number of rotatable bonds is 7. The summed E-state index contributed by atoms with van der Waals surface area (Å²) >= 11 is 1.40. The Labute approximate surface area is 143 Å². The minimum atomic E-state index is -0.326. The Morgan fingerprint density at radius 3 is 2.83 bits per heavy atom. The second-order valence-corrected chi connectivity index (χ2v) is 6.41. The number of benzene rings is 1. The minimum absolute atomic E-state index is 0.260. The van der Waals surface area contributed by atoms with Gasteiger partial charge in [-0.05, 0) is 12.0 Å². The highest BCUT2D eigenvalue weighted by atomic mass is 32.1. The summed E-state index contributed by atoms with van der Waals surface area (Å²) in [5.41, 5.74) is 1.36. The van der Waals surface area contributed by atoms with E-state index in [1.165, 1.54) is 11.3 Å². The van der Waals surface area contributed by atoms with E-state index in [2.05, 4.69) is 32.7 Å². The van der Waals surface area contributed by atoms with Crippen molar-refractivity contribution in [1.82, 2.24) is 25.2 Å². The molecule has 24 heavy (non-hydrogen) atoms. The van der Waals surface area contributed by atoms with Crippen LogP contribution in [0.25, 0.3) is 0 Å². The van der Waals surface area contributed by atoms with Crippen molar-refractivity contribution in [2.45, 2.75) is 32.7 Å². The maximum atomic E-state index is 12.2. The Hall–Kier alpha value is -2.61. The molecule has 2 aromatic heterocycles. The number of carbonyl (C=O) groups is 1. The highest BCUT2D eigenvalue weighted by Gasteiger charge is 2.14. The van der Waals surface area contributed by atoms with Crippen LogP contribution in [0.4, 0.5) is 5.13 Å². The van der Waals surface area contributed by atoms with E-state index in [4.69, 9.17) is 0 Å². The number of hydrogen-bond acceptors (Lipinski definition) is 6. The van der Waals surface area contributed by atoms with Gasteiger partial charge in [0.1, 0.15) is 5.01 Å². The molecular weight excluding hydrogens is 324 g/mol. The van der Waals surface area contributed by atoms with Gasteiger partial charge in [0, 0.05) is 6.42 Å². The average Bonchev–Trinajstić information content (AvgIpc) is 3.23. The Morgan fingerprint density at radius 1 is 1.21 bits per heavy atom. The van der Waals surface area contributed by atoms with Crippen molar-refractivity contribution in [3.05, 3.63) is 52.8 Å². The van der Waals surface area contributed by atoms with E-state index >= 15 is 0 Å². The number of aryl methyl sites for hydroxylation is 1. The fraction of sp³-hybridized carbons (Fsp3) is 0.312. The number of nitrogens with zero attached hydrogens (tertiary/aromatic N) is 5. The van der Waals surface area contributed by atoms with E-state index in [0.717, 1.165) is 29.8 Å². The van der Waals surface area contributed by atoms with Crippen LogP contribution in [0, 0.1) is 0 Å². The number of nitrogens with one attached hydrogen (secondary N) is 1. The summed E-state index contributed by atoms with van der Waals surface area (Å²) in [5, 5.41) is 20.1. The number of hydrogen-bond donors (Lipinski definition) is 1. The third-order valence-corrected chi connectivity index (χ3v) is 4.29. The molecule has 0 fully saturated rings. The summed E-state index contributed by atoms with van der Waals surface area (Å²) in [6, 6.07) is 9.89. The molecule has 0 bridgehead atoms. The van der Waals surface area contributed by atoms with Gasteiger partial charge in [-0.3, -0.25) is 10.1 Å². The summed E-state index contributed by atoms with van der Waals surface area (Å²) < 4.78 is 1.64. The Balaban J connectivity index is 1.60. The molecule has 3 rings (SSSR count). The Morgan fingerprint density at radius 2 is 2.04 bits per heavy atom. The van der Waals surface area contributed by atoms with Crippen molar-refractivity contribution >= 4 is 22.4 Å². The molecule has 0 radical (unpaired) electrons. The van der Waals surface area contributed by atoms with Crippen LogP contribution < -0.4 is 5.32 Å². The fourth-order valence-electron chi connectivity index (χ4n) is 2.14. The van der Waals surface area contributed by atoms with Crippen LogP contribution in [0.15, 0.2) is 36.5 Å². The van der Waals surface area contributed by atoms with Crippen LogP contribution in [-0.4, -0.2) is 31.1 Å². The molecule has 124 valence electrons. The number of amides is 1. The van der Waals surface area contributed by atoms with Gasteiger partial charge in [0.15, 0.2) is 5.69 Å². The van der Waals surface area contributed by atoms with Crippen LogP contribution >= 0.6 is 11.3 Å². The molecule has 1 aromatic carbocycles. The van der Waals surface area contributed by atoms with Crippen LogP contribution in [0.1, 0.15) is 40.8 Å². The maximum absolute atomic E-state index is 12.2. The van der Waals surface area contributed by atoms with Crippen LogP contribution in [0.5, 0.6) is 0 Å². The van der Waals surface area contributed by atoms with Crippen LogP contribution in [-0.2, 0) is 13.0 Å². The summed E-state index contributed by atoms with van der Waals surface area (Å²) in [4.78, 5) is 12.2. The quantitative estimate of drug-likeness (QED) is 0.713. The molecule has 0 unspecified atom stereocenters. The topological polar surface area (TPSA) is 85.6 Å². The molecule has 0 atom stereocenters. The van der Waals surface area contributed by atoms with Gasteiger partial charge in [-0.15, -0.1) is 15.3 Å². The van der Waals surface area contributed by atoms with Crippen molar-refractivity contribution in [3.8, 4) is 0 Å². The molecule has 0 aliphatic carbocycles. The predicted octanol–water partition coefficient (Wildman–Crippen LogP) is 2.77. The number of anilines is 1. The first-order valence-corrected chi connectivity index (χ1v) is 8.64. The Kier molecular flexibility index (Phi) is 5.27. The van der Waals surface area contributed by atoms with Crippen LogP contribution in [0.2, 0.25) is 0 Å². The zero-order valence-corrected chi connectivity index (χ0v) is 14.2. The number of carbonyl (C=O) groups excluding carboxylic acids is 1. The van der Waals surface area contributed by atoms with Gasteiger partial charge in [-0.25, -0.2) is 4.68 Å². The van der Waals surface area contributed by atoms with Gasteiger partial charge in [-0.1, -0.05) is 60.2 Å². The molecule has 0 aliphatic heterocycles. The number of aromatic nitrogens is 5. The molecule has 0 aliphatic rings. The summed E-state index contributed by atoms with van der Waals surface area (Å²) in [7, 11) is 0. The van der Waals surface area contributed by atoms with E-state index < -0.39 is 0 Å². The molecule has 7 nitrogen and oxygen atoms in total. The predicted molar refractivity (Wildman–Crippen MR) is 92.0 cm³/mol. The van der Waals surface area contributed by atoms with Crippen molar-refractivity contribution in [1.29, 1.82) is 0 Å². The van der Waals surface area contributed by atoms with E-state index in [-0.39, 0.29) is 11.6 Å². The third-order valence-electron chi connectivity index (χ3n) is 3.39. The molecule has 1 N–H and O–H groups in total. The van der Waals surface area contributed by atoms with Crippen molar-refractivity contribution in [2.24, 2.45) is 0 Å². The van der Waals surface area contributed by atoms with Crippen LogP contribution in [0.3, 0.4) is 0 Å². The van der Waals surface area contributed by atoms with Crippen molar-refractivity contribution in [2.75, 3.05) is 5.32 Å². The maximum Gasteiger partial charge on any atom is 0.279 e. The largest absolute Gasteiger partial charge is 0.295 e.